The number of hydrogen-bond acceptors (Lipinski definition) is 10. The molecule has 510 valence electrons. The maximum atomic E-state index is 13.5. The van der Waals surface area contributed by atoms with Crippen molar-refractivity contribution in [3.8, 4) is 0 Å². The summed E-state index contributed by atoms with van der Waals surface area (Å²) >= 11 is 0. The molecule has 8 atom stereocenters. The van der Waals surface area contributed by atoms with Crippen LogP contribution in [0.5, 0.6) is 0 Å². The topological polar surface area (TPSA) is 175 Å². The SMILES string of the molecule is CCCCC/C=C\C/C=C\CCCCCCCCCCCCCC(=O)OC1C(OCC(NC(=O)C(O)CCCCCCCCCCCCCCCCCC/C=C/CCCCCCCC)C(O)/C=C/CCCCCCCCCCC)OC(CO)C(O)C1O. The molecule has 0 aromatic heterocycles. The van der Waals surface area contributed by atoms with Crippen LogP contribution in [0.25, 0.3) is 0 Å². The van der Waals surface area contributed by atoms with Gasteiger partial charge >= 0.3 is 5.97 Å². The zero-order valence-corrected chi connectivity index (χ0v) is 56.9. The highest BCUT2D eigenvalue weighted by atomic mass is 16.7. The second-order valence-electron chi connectivity index (χ2n) is 26.0. The van der Waals surface area contributed by atoms with Gasteiger partial charge < -0.3 is 45.1 Å². The highest BCUT2D eigenvalue weighted by molar-refractivity contribution is 5.80. The fourth-order valence-corrected chi connectivity index (χ4v) is 11.8. The summed E-state index contributed by atoms with van der Waals surface area (Å²) in [7, 11) is 0. The van der Waals surface area contributed by atoms with E-state index >= 15 is 0 Å². The molecule has 0 spiro atoms. The molecule has 87 heavy (non-hydrogen) atoms. The first-order valence-corrected chi connectivity index (χ1v) is 37.4. The molecule has 0 radical (unpaired) electrons. The molecule has 11 nitrogen and oxygen atoms in total. The summed E-state index contributed by atoms with van der Waals surface area (Å²) in [6.45, 7) is 5.81. The van der Waals surface area contributed by atoms with Crippen LogP contribution in [0.3, 0.4) is 0 Å². The number of hydrogen-bond donors (Lipinski definition) is 6. The van der Waals surface area contributed by atoms with Gasteiger partial charge in [0.25, 0.3) is 0 Å². The van der Waals surface area contributed by atoms with Gasteiger partial charge in [-0.1, -0.05) is 320 Å². The molecular weight excluding hydrogens is 1090 g/mol. The molecule has 0 aliphatic carbocycles. The Labute approximate surface area is 536 Å². The number of carbonyl (C=O) groups excluding carboxylic acids is 2. The molecule has 0 bridgehead atoms. The Kier molecular flexibility index (Phi) is 60.6. The molecule has 1 aliphatic heterocycles. The summed E-state index contributed by atoms with van der Waals surface area (Å²) in [5, 5.41) is 57.3. The number of ether oxygens (including phenoxy) is 3. The smallest absolute Gasteiger partial charge is 0.306 e. The largest absolute Gasteiger partial charge is 0.454 e. The van der Waals surface area contributed by atoms with Crippen LogP contribution in [0, 0.1) is 0 Å². The number of carbonyl (C=O) groups is 2. The third-order valence-corrected chi connectivity index (χ3v) is 17.7. The molecule has 8 unspecified atom stereocenters. The van der Waals surface area contributed by atoms with E-state index in [0.29, 0.717) is 19.3 Å². The van der Waals surface area contributed by atoms with Crippen LogP contribution < -0.4 is 5.32 Å². The third-order valence-electron chi connectivity index (χ3n) is 17.7. The lowest BCUT2D eigenvalue weighted by atomic mass is 9.99. The minimum absolute atomic E-state index is 0.123. The molecule has 0 aromatic rings. The Morgan fingerprint density at radius 2 is 0.793 bits per heavy atom. The molecule has 1 rings (SSSR count). The second kappa shape index (κ2) is 63.8. The van der Waals surface area contributed by atoms with Gasteiger partial charge in [-0.2, -0.15) is 0 Å². The lowest BCUT2D eigenvalue weighted by Crippen LogP contribution is -2.61. The van der Waals surface area contributed by atoms with E-state index in [1.807, 2.05) is 6.08 Å². The number of nitrogens with one attached hydrogen (secondary N) is 1. The van der Waals surface area contributed by atoms with Gasteiger partial charge in [-0.25, -0.2) is 0 Å². The molecule has 6 N–H and O–H groups in total. The van der Waals surface area contributed by atoms with E-state index in [9.17, 15) is 35.1 Å². The number of aliphatic hydroxyl groups excluding tert-OH is 5. The predicted molar refractivity (Wildman–Crippen MR) is 366 cm³/mol. The number of aliphatic hydroxyl groups is 5. The third kappa shape index (κ3) is 50.9. The van der Waals surface area contributed by atoms with Gasteiger partial charge in [0.1, 0.15) is 24.4 Å². The Morgan fingerprint density at radius 3 is 1.21 bits per heavy atom. The first kappa shape index (κ1) is 82.6. The highest BCUT2D eigenvalue weighted by Gasteiger charge is 2.47. The molecule has 1 fully saturated rings. The van der Waals surface area contributed by atoms with E-state index < -0.39 is 67.4 Å². The summed E-state index contributed by atoms with van der Waals surface area (Å²) in [5.74, 6) is -1.18. The van der Waals surface area contributed by atoms with Crippen LogP contribution in [-0.2, 0) is 23.8 Å². The Hall–Kier alpha value is -2.38. The van der Waals surface area contributed by atoms with Gasteiger partial charge in [-0.3, -0.25) is 9.59 Å². The monoisotopic (exact) mass is 1230 g/mol. The van der Waals surface area contributed by atoms with E-state index in [1.165, 1.54) is 250 Å². The molecule has 0 aromatic carbocycles. The van der Waals surface area contributed by atoms with Crippen molar-refractivity contribution in [3.63, 3.8) is 0 Å². The minimum atomic E-state index is -1.61. The highest BCUT2D eigenvalue weighted by Crippen LogP contribution is 2.26. The molecule has 1 aliphatic rings. The van der Waals surface area contributed by atoms with Gasteiger partial charge in [-0.05, 0) is 83.5 Å². The van der Waals surface area contributed by atoms with E-state index in [4.69, 9.17) is 14.2 Å². The van der Waals surface area contributed by atoms with Gasteiger partial charge in [0.05, 0.1) is 25.4 Å². The first-order chi connectivity index (χ1) is 42.7. The number of unbranched alkanes of at least 4 members (excludes halogenated alkanes) is 45. The Balaban J connectivity index is 2.51. The van der Waals surface area contributed by atoms with Gasteiger partial charge in [-0.15, -0.1) is 0 Å². The fraction of sp³-hybridized carbons (Fsp3) is 0.868. The first-order valence-electron chi connectivity index (χ1n) is 37.4. The zero-order valence-electron chi connectivity index (χ0n) is 56.9. The maximum Gasteiger partial charge on any atom is 0.306 e. The predicted octanol–water partition coefficient (Wildman–Crippen LogP) is 19.5. The number of amides is 1. The quantitative estimate of drug-likeness (QED) is 0.0195. The summed E-state index contributed by atoms with van der Waals surface area (Å²) in [4.78, 5) is 26.7. The molecule has 1 saturated heterocycles. The van der Waals surface area contributed by atoms with Gasteiger partial charge in [0.15, 0.2) is 12.4 Å². The molecule has 1 amide bonds. The van der Waals surface area contributed by atoms with Crippen LogP contribution in [0.1, 0.15) is 361 Å². The van der Waals surface area contributed by atoms with E-state index in [0.717, 1.165) is 64.2 Å². The summed E-state index contributed by atoms with van der Waals surface area (Å²) in [6, 6.07) is -1.02. The lowest BCUT2D eigenvalue weighted by Gasteiger charge is -2.41. The van der Waals surface area contributed by atoms with E-state index in [2.05, 4.69) is 62.5 Å². The summed E-state index contributed by atoms with van der Waals surface area (Å²) < 4.78 is 17.7. The summed E-state index contributed by atoms with van der Waals surface area (Å²) in [5.41, 5.74) is 0. The van der Waals surface area contributed by atoms with Gasteiger partial charge in [0, 0.05) is 6.42 Å². The van der Waals surface area contributed by atoms with Crippen molar-refractivity contribution in [1.82, 2.24) is 5.32 Å². The molecule has 0 saturated carbocycles. The normalized spacial score (nSPS) is 18.5. The number of esters is 1. The Bertz CT molecular complexity index is 1600. The average molecular weight is 1230 g/mol. The van der Waals surface area contributed by atoms with Crippen molar-refractivity contribution in [1.29, 1.82) is 0 Å². The number of allylic oxidation sites excluding steroid dienone is 7. The van der Waals surface area contributed by atoms with Crippen molar-refractivity contribution in [2.24, 2.45) is 0 Å². The van der Waals surface area contributed by atoms with E-state index in [-0.39, 0.29) is 13.0 Å². The van der Waals surface area contributed by atoms with Crippen LogP contribution in [-0.4, -0.2) is 99.6 Å². The fourth-order valence-electron chi connectivity index (χ4n) is 11.8. The van der Waals surface area contributed by atoms with E-state index in [1.54, 1.807) is 6.08 Å². The lowest BCUT2D eigenvalue weighted by molar-refractivity contribution is -0.305. The van der Waals surface area contributed by atoms with Crippen LogP contribution in [0.15, 0.2) is 48.6 Å². The van der Waals surface area contributed by atoms with Crippen molar-refractivity contribution in [3.05, 3.63) is 48.6 Å². The second-order valence-corrected chi connectivity index (χ2v) is 26.0. The maximum absolute atomic E-state index is 13.5. The molecule has 11 heteroatoms. The van der Waals surface area contributed by atoms with Crippen molar-refractivity contribution in [2.45, 2.75) is 410 Å². The zero-order chi connectivity index (χ0) is 63.1. The van der Waals surface area contributed by atoms with Crippen LogP contribution in [0.2, 0.25) is 0 Å². The van der Waals surface area contributed by atoms with Crippen molar-refractivity contribution in [2.75, 3.05) is 13.2 Å². The summed E-state index contributed by atoms with van der Waals surface area (Å²) in [6.07, 6.45) is 70.2. The standard InChI is InChI=1S/C76H141NO10/c1-4-7-10-13-16-19-22-24-26-28-30-32-33-34-35-36-38-39-41-43-45-48-51-54-57-60-63-69(80)75(84)77-67(68(79)62-59-56-53-50-47-21-18-15-12-9-6-3)66-85-76-74(73(83)72(82)70(65-78)86-76)87-71(81)64-61-58-55-52-49-46-44-42-40-37-31-29-27-25-23-20-17-14-11-8-5-2/h17,20,24-27,59,62,67-70,72-74,76,78-80,82-83H,4-16,18-19,21-23,28-58,60-61,63-66H2,1-3H3,(H,77,84)/b20-17-,26-24+,27-25-,62-59+. The average Bonchev–Trinajstić information content (AvgIpc) is 3.60. The number of rotatable bonds is 65. The minimum Gasteiger partial charge on any atom is -0.454 e. The van der Waals surface area contributed by atoms with Gasteiger partial charge in [0.2, 0.25) is 5.91 Å². The molecular formula is C76H141NO10. The van der Waals surface area contributed by atoms with Crippen LogP contribution in [0.4, 0.5) is 0 Å². The molecule has 1 heterocycles. The Morgan fingerprint density at radius 1 is 0.448 bits per heavy atom. The van der Waals surface area contributed by atoms with Crippen molar-refractivity contribution >= 4 is 11.9 Å². The van der Waals surface area contributed by atoms with Crippen LogP contribution >= 0.6 is 0 Å². The van der Waals surface area contributed by atoms with Crippen molar-refractivity contribution < 1.29 is 49.3 Å².